The molecule has 1 saturated heterocycles. The van der Waals surface area contributed by atoms with Crippen molar-refractivity contribution < 1.29 is 56.8 Å². The fourth-order valence-corrected chi connectivity index (χ4v) is 7.04. The Morgan fingerprint density at radius 3 is 1.67 bits per heavy atom. The van der Waals surface area contributed by atoms with Gasteiger partial charge in [0.25, 0.3) is 10.1 Å². The fraction of sp³-hybridized carbons (Fsp3) is 0.733. The van der Waals surface area contributed by atoms with Crippen molar-refractivity contribution in [3.05, 3.63) is 61.3 Å². The van der Waals surface area contributed by atoms with Crippen LogP contribution in [0, 0.1) is 0 Å². The van der Waals surface area contributed by atoms with Gasteiger partial charge in [-0.05, 0) is 64.2 Å². The van der Waals surface area contributed by atoms with E-state index >= 15 is 0 Å². The molecule has 12 nitrogen and oxygen atoms in total. The summed E-state index contributed by atoms with van der Waals surface area (Å²) >= 11 is 0. The van der Waals surface area contributed by atoms with Crippen molar-refractivity contribution in [1.82, 2.24) is 0 Å². The lowest BCUT2D eigenvalue weighted by molar-refractivity contribution is -0.297. The van der Waals surface area contributed by atoms with Crippen molar-refractivity contribution in [2.45, 2.75) is 191 Å². The molecule has 334 valence electrons. The Kier molecular flexibility index (Phi) is 32.3. The van der Waals surface area contributed by atoms with E-state index < -0.39 is 71.2 Å². The van der Waals surface area contributed by atoms with E-state index in [1.54, 1.807) is 0 Å². The summed E-state index contributed by atoms with van der Waals surface area (Å²) in [6.07, 6.45) is 31.6. The van der Waals surface area contributed by atoms with Gasteiger partial charge in [-0.2, -0.15) is 8.42 Å². The van der Waals surface area contributed by atoms with E-state index in [0.29, 0.717) is 12.8 Å². The van der Waals surface area contributed by atoms with Crippen LogP contribution >= 0.6 is 0 Å². The number of esters is 2. The number of aliphatic hydroxyl groups is 3. The number of carbonyl (C=O) groups excluding carboxylic acids is 2. The summed E-state index contributed by atoms with van der Waals surface area (Å²) in [6, 6.07) is 0. The number of aliphatic hydroxyl groups excluding tert-OH is 3. The highest BCUT2D eigenvalue weighted by atomic mass is 32.2. The van der Waals surface area contributed by atoms with Gasteiger partial charge >= 0.3 is 11.9 Å². The van der Waals surface area contributed by atoms with Crippen LogP contribution in [0.4, 0.5) is 0 Å². The summed E-state index contributed by atoms with van der Waals surface area (Å²) in [6.45, 7) is 5.12. The third kappa shape index (κ3) is 29.5. The molecule has 0 radical (unpaired) electrons. The van der Waals surface area contributed by atoms with E-state index in [-0.39, 0.29) is 19.4 Å². The molecule has 0 aromatic rings. The number of carbonyl (C=O) groups is 2. The van der Waals surface area contributed by atoms with Gasteiger partial charge in [-0.3, -0.25) is 14.1 Å². The highest BCUT2D eigenvalue weighted by Gasteiger charge is 2.46. The van der Waals surface area contributed by atoms with E-state index in [1.165, 1.54) is 57.8 Å². The number of hydrogen-bond acceptors (Lipinski definition) is 11. The minimum Gasteiger partial charge on any atom is -0.462 e. The van der Waals surface area contributed by atoms with Crippen molar-refractivity contribution in [2.75, 3.05) is 19.0 Å². The van der Waals surface area contributed by atoms with Crippen LogP contribution in [0.3, 0.4) is 0 Å². The second kappa shape index (κ2) is 35.1. The maximum atomic E-state index is 12.8. The van der Waals surface area contributed by atoms with Gasteiger partial charge in [0.2, 0.25) is 0 Å². The molecule has 0 saturated carbocycles. The third-order valence-electron chi connectivity index (χ3n) is 9.73. The quantitative estimate of drug-likeness (QED) is 0.0204. The van der Waals surface area contributed by atoms with Crippen molar-refractivity contribution in [3.8, 4) is 0 Å². The normalized spacial score (nSPS) is 20.7. The van der Waals surface area contributed by atoms with E-state index in [0.717, 1.165) is 64.2 Å². The lowest BCUT2D eigenvalue weighted by atomic mass is 10.00. The second-order valence-corrected chi connectivity index (χ2v) is 16.6. The summed E-state index contributed by atoms with van der Waals surface area (Å²) < 4.78 is 54.0. The third-order valence-corrected chi connectivity index (χ3v) is 10.5. The molecule has 2 unspecified atom stereocenters. The predicted octanol–water partition coefficient (Wildman–Crippen LogP) is 8.56. The molecule has 1 rings (SSSR count). The van der Waals surface area contributed by atoms with Crippen LogP contribution < -0.4 is 0 Å². The lowest BCUT2D eigenvalue weighted by Gasteiger charge is -2.40. The lowest BCUT2D eigenvalue weighted by Crippen LogP contribution is -2.60. The molecule has 4 N–H and O–H groups in total. The second-order valence-electron chi connectivity index (χ2n) is 15.1. The minimum atomic E-state index is -4.61. The standard InChI is InChI=1S/C45H76O12S/c1-3-5-7-9-11-13-15-17-19-21-23-25-27-29-31-33-40(46)54-35-38(36-55-45-44(50)43(49)42(48)39(57-45)37-58(51,52)53)56-41(47)34-32-30-28-26-24-22-20-18-16-14-12-10-8-6-4-2/h4-5,7,11,13,17,19,23,25,38-39,42-45,48-50H,2-3,6,8-10,12,14-16,18,20-22,24,26-37H2,1H3,(H,51,52,53)/b7-5+,13-11+,19-17+,25-23+/t38-,39-,42-,43?,44?,45+/m1/s1. The molecule has 0 spiro atoms. The first-order valence-electron chi connectivity index (χ1n) is 21.8. The van der Waals surface area contributed by atoms with Crippen LogP contribution in [0.25, 0.3) is 0 Å². The summed E-state index contributed by atoms with van der Waals surface area (Å²) in [7, 11) is -4.61. The Morgan fingerprint density at radius 1 is 0.638 bits per heavy atom. The van der Waals surface area contributed by atoms with Crippen molar-refractivity contribution in [1.29, 1.82) is 0 Å². The topological polar surface area (TPSA) is 186 Å². The fourth-order valence-electron chi connectivity index (χ4n) is 6.35. The Labute approximate surface area is 349 Å². The highest BCUT2D eigenvalue weighted by Crippen LogP contribution is 2.24. The number of rotatable bonds is 36. The summed E-state index contributed by atoms with van der Waals surface area (Å²) in [5, 5.41) is 30.8. The molecule has 1 aliphatic rings. The summed E-state index contributed by atoms with van der Waals surface area (Å²) in [5.74, 6) is -2.05. The van der Waals surface area contributed by atoms with Crippen LogP contribution in [0.2, 0.25) is 0 Å². The van der Waals surface area contributed by atoms with E-state index in [2.05, 4.69) is 62.1 Å². The average Bonchev–Trinajstić information content (AvgIpc) is 3.18. The van der Waals surface area contributed by atoms with Gasteiger partial charge in [0.1, 0.15) is 36.8 Å². The van der Waals surface area contributed by atoms with Crippen LogP contribution in [-0.4, -0.2) is 96.0 Å². The van der Waals surface area contributed by atoms with Crippen molar-refractivity contribution >= 4 is 22.1 Å². The van der Waals surface area contributed by atoms with Gasteiger partial charge in [0.05, 0.1) is 6.61 Å². The summed E-state index contributed by atoms with van der Waals surface area (Å²) in [4.78, 5) is 25.4. The van der Waals surface area contributed by atoms with Crippen molar-refractivity contribution in [2.24, 2.45) is 0 Å². The molecule has 0 bridgehead atoms. The molecule has 0 aromatic heterocycles. The molecule has 1 aliphatic heterocycles. The molecule has 6 atom stereocenters. The smallest absolute Gasteiger partial charge is 0.306 e. The molecule has 13 heteroatoms. The minimum absolute atomic E-state index is 0.151. The Hall–Kier alpha value is -2.65. The number of allylic oxidation sites excluding steroid dienone is 9. The van der Waals surface area contributed by atoms with Gasteiger partial charge in [-0.25, -0.2) is 0 Å². The molecule has 58 heavy (non-hydrogen) atoms. The van der Waals surface area contributed by atoms with E-state index in [9.17, 15) is 37.9 Å². The Balaban J connectivity index is 2.49. The Morgan fingerprint density at radius 2 is 1.12 bits per heavy atom. The molecular formula is C45H76O12S. The maximum absolute atomic E-state index is 12.8. The first kappa shape index (κ1) is 53.4. The largest absolute Gasteiger partial charge is 0.462 e. The van der Waals surface area contributed by atoms with Gasteiger partial charge in [0.15, 0.2) is 12.4 Å². The number of unbranched alkanes of at least 4 members (excludes halogenated alkanes) is 15. The zero-order valence-electron chi connectivity index (χ0n) is 35.2. The van der Waals surface area contributed by atoms with Crippen LogP contribution in [-0.2, 0) is 38.7 Å². The van der Waals surface area contributed by atoms with Crippen molar-refractivity contribution in [3.63, 3.8) is 0 Å². The van der Waals surface area contributed by atoms with Crippen LogP contribution in [0.5, 0.6) is 0 Å². The molecule has 0 aliphatic carbocycles. The van der Waals surface area contributed by atoms with Gasteiger partial charge in [0, 0.05) is 12.8 Å². The molecule has 0 aromatic carbocycles. The van der Waals surface area contributed by atoms with Crippen LogP contribution in [0.15, 0.2) is 61.3 Å². The zero-order chi connectivity index (χ0) is 42.7. The molecule has 1 heterocycles. The van der Waals surface area contributed by atoms with E-state index in [4.69, 9.17) is 18.9 Å². The monoisotopic (exact) mass is 841 g/mol. The Bertz CT molecular complexity index is 1290. The predicted molar refractivity (Wildman–Crippen MR) is 229 cm³/mol. The average molecular weight is 841 g/mol. The SMILES string of the molecule is C=CCCCCCCCCCCCCCCCC(=O)O[C@H](COC(=O)CCCC/C=C/C/C=C/C/C=C/C/C=C/CC)CO[C@H]1O[C@H](CS(=O)(=O)O)[C@@H](O)C(O)C1O. The molecule has 1 fully saturated rings. The summed E-state index contributed by atoms with van der Waals surface area (Å²) in [5.41, 5.74) is 0. The number of hydrogen-bond donors (Lipinski definition) is 4. The van der Waals surface area contributed by atoms with Gasteiger partial charge in [-0.1, -0.05) is 132 Å². The van der Waals surface area contributed by atoms with Gasteiger partial charge in [-0.15, -0.1) is 6.58 Å². The van der Waals surface area contributed by atoms with E-state index in [1.807, 2.05) is 6.08 Å². The van der Waals surface area contributed by atoms with Gasteiger partial charge < -0.3 is 34.3 Å². The zero-order valence-corrected chi connectivity index (χ0v) is 36.0. The maximum Gasteiger partial charge on any atom is 0.306 e. The van der Waals surface area contributed by atoms with Crippen LogP contribution in [0.1, 0.15) is 155 Å². The number of ether oxygens (including phenoxy) is 4. The first-order chi connectivity index (χ1) is 28.0. The molecular weight excluding hydrogens is 765 g/mol. The highest BCUT2D eigenvalue weighted by molar-refractivity contribution is 7.85. The molecule has 0 amide bonds. The first-order valence-corrected chi connectivity index (χ1v) is 23.4.